The van der Waals surface area contributed by atoms with E-state index in [-0.39, 0.29) is 0 Å². The van der Waals surface area contributed by atoms with E-state index in [0.717, 1.165) is 0 Å². The van der Waals surface area contributed by atoms with Crippen LogP contribution >= 0.6 is 23.2 Å². The van der Waals surface area contributed by atoms with Crippen molar-refractivity contribution in [1.82, 2.24) is 20.2 Å². The van der Waals surface area contributed by atoms with Crippen LogP contribution in [0.4, 0.5) is 0 Å². The van der Waals surface area contributed by atoms with Gasteiger partial charge in [0.1, 0.15) is 5.25 Å². The second-order valence-corrected chi connectivity index (χ2v) is 8.11. The molecule has 1 aromatic heterocycles. The number of aromatic nitrogens is 4. The molecular weight excluding hydrogens is 335 g/mol. The summed E-state index contributed by atoms with van der Waals surface area (Å²) in [5, 5.41) is 10.0. The maximum Gasteiger partial charge on any atom is 0.168 e. The summed E-state index contributed by atoms with van der Waals surface area (Å²) in [6.07, 6.45) is 0. The van der Waals surface area contributed by atoms with Gasteiger partial charge in [0.2, 0.25) is 0 Å². The average molecular weight is 349 g/mol. The van der Waals surface area contributed by atoms with Crippen LogP contribution in [0.5, 0.6) is 0 Å². The minimum absolute atomic E-state index is 0.293. The van der Waals surface area contributed by atoms with Gasteiger partial charge in [-0.3, -0.25) is 0 Å². The molecule has 0 aliphatic rings. The minimum atomic E-state index is -3.53. The zero-order chi connectivity index (χ0) is 15.8. The van der Waals surface area contributed by atoms with Crippen molar-refractivity contribution < 1.29 is 8.42 Å². The third-order valence-corrected chi connectivity index (χ3v) is 6.61. The Hall–Kier alpha value is -1.18. The first-order valence-corrected chi connectivity index (χ1v) is 8.51. The molecule has 9 heteroatoms. The van der Waals surface area contributed by atoms with Crippen LogP contribution in [0.15, 0.2) is 18.2 Å². The number of nitrogens with zero attached hydrogens (tertiary/aromatic N) is 4. The zero-order valence-electron chi connectivity index (χ0n) is 11.7. The standard InChI is InChI=1S/C12H14Cl2N4O2S/c1-7(9-4-5-10(13)11(14)6-9)21(19,20)8(2)12-15-16-17-18(12)3/h4-8H,1-3H3/t7-,8+/m0/s1. The van der Waals surface area contributed by atoms with Gasteiger partial charge in [-0.1, -0.05) is 29.3 Å². The van der Waals surface area contributed by atoms with Crippen molar-refractivity contribution >= 4 is 33.0 Å². The highest BCUT2D eigenvalue weighted by Gasteiger charge is 2.33. The summed E-state index contributed by atoms with van der Waals surface area (Å²) < 4.78 is 26.7. The highest BCUT2D eigenvalue weighted by molar-refractivity contribution is 7.91. The summed E-state index contributed by atoms with van der Waals surface area (Å²) in [5.41, 5.74) is 0.575. The van der Waals surface area contributed by atoms with E-state index in [9.17, 15) is 8.42 Å². The Labute approximate surface area is 133 Å². The molecule has 0 radical (unpaired) electrons. The van der Waals surface area contributed by atoms with Gasteiger partial charge in [0.05, 0.1) is 15.3 Å². The molecule has 0 fully saturated rings. The maximum absolute atomic E-state index is 12.7. The molecule has 0 aliphatic carbocycles. The molecule has 0 spiro atoms. The van der Waals surface area contributed by atoms with E-state index < -0.39 is 20.3 Å². The van der Waals surface area contributed by atoms with Crippen LogP contribution in [0.3, 0.4) is 0 Å². The first-order chi connectivity index (χ1) is 9.75. The van der Waals surface area contributed by atoms with Gasteiger partial charge in [0.25, 0.3) is 0 Å². The quantitative estimate of drug-likeness (QED) is 0.848. The molecule has 1 heterocycles. The van der Waals surface area contributed by atoms with Crippen molar-refractivity contribution in [3.8, 4) is 0 Å². The van der Waals surface area contributed by atoms with E-state index in [0.29, 0.717) is 21.4 Å². The van der Waals surface area contributed by atoms with E-state index in [1.54, 1.807) is 39.1 Å². The summed E-state index contributed by atoms with van der Waals surface area (Å²) in [4.78, 5) is 0. The Morgan fingerprint density at radius 3 is 2.33 bits per heavy atom. The molecule has 0 amide bonds. The number of sulfone groups is 1. The van der Waals surface area contributed by atoms with Crippen LogP contribution in [0.1, 0.15) is 35.7 Å². The Kier molecular flexibility index (Phi) is 4.55. The van der Waals surface area contributed by atoms with Crippen LogP contribution in [0, 0.1) is 0 Å². The summed E-state index contributed by atoms with van der Waals surface area (Å²) in [7, 11) is -1.93. The van der Waals surface area contributed by atoms with Gasteiger partial charge in [-0.2, -0.15) is 0 Å². The second-order valence-electron chi connectivity index (χ2n) is 4.71. The maximum atomic E-state index is 12.7. The van der Waals surface area contributed by atoms with Crippen molar-refractivity contribution in [2.75, 3.05) is 0 Å². The predicted octanol–water partition coefficient (Wildman–Crippen LogP) is 2.75. The topological polar surface area (TPSA) is 77.7 Å². The fourth-order valence-electron chi connectivity index (χ4n) is 1.99. The molecule has 0 saturated carbocycles. The van der Waals surface area contributed by atoms with Gasteiger partial charge >= 0.3 is 0 Å². The van der Waals surface area contributed by atoms with Crippen LogP contribution in [-0.4, -0.2) is 28.6 Å². The van der Waals surface area contributed by atoms with Crippen LogP contribution in [-0.2, 0) is 16.9 Å². The lowest BCUT2D eigenvalue weighted by Gasteiger charge is -2.18. The first-order valence-electron chi connectivity index (χ1n) is 6.15. The molecule has 0 saturated heterocycles. The number of rotatable bonds is 4. The lowest BCUT2D eigenvalue weighted by atomic mass is 10.2. The molecule has 6 nitrogen and oxygen atoms in total. The fraction of sp³-hybridized carbons (Fsp3) is 0.417. The second kappa shape index (κ2) is 5.90. The molecule has 1 aromatic carbocycles. The zero-order valence-corrected chi connectivity index (χ0v) is 14.0. The Balaban J connectivity index is 2.38. The molecular formula is C12H14Cl2N4O2S. The Bertz CT molecular complexity index is 760. The normalized spacial score (nSPS) is 14.9. The summed E-state index contributed by atoms with van der Waals surface area (Å²) in [5.74, 6) is 0.293. The Morgan fingerprint density at radius 1 is 1.14 bits per heavy atom. The smallest absolute Gasteiger partial charge is 0.168 e. The lowest BCUT2D eigenvalue weighted by molar-refractivity contribution is 0.566. The lowest BCUT2D eigenvalue weighted by Crippen LogP contribution is -2.20. The van der Waals surface area contributed by atoms with Crippen molar-refractivity contribution in [2.45, 2.75) is 24.3 Å². The minimum Gasteiger partial charge on any atom is -0.231 e. The van der Waals surface area contributed by atoms with Gasteiger partial charge in [-0.15, -0.1) is 5.10 Å². The van der Waals surface area contributed by atoms with Crippen molar-refractivity contribution in [3.63, 3.8) is 0 Å². The van der Waals surface area contributed by atoms with Crippen LogP contribution in [0.25, 0.3) is 0 Å². The summed E-state index contributed by atoms with van der Waals surface area (Å²) in [6.45, 7) is 3.17. The average Bonchev–Trinajstić information content (AvgIpc) is 2.86. The van der Waals surface area contributed by atoms with Crippen LogP contribution in [0.2, 0.25) is 10.0 Å². The van der Waals surface area contributed by atoms with E-state index in [1.807, 2.05) is 0 Å². The number of halogens is 2. The number of benzene rings is 1. The molecule has 114 valence electrons. The number of hydrogen-bond acceptors (Lipinski definition) is 5. The van der Waals surface area contributed by atoms with Gasteiger partial charge in [0.15, 0.2) is 15.7 Å². The molecule has 0 unspecified atom stereocenters. The van der Waals surface area contributed by atoms with Gasteiger partial charge in [-0.25, -0.2) is 13.1 Å². The SMILES string of the molecule is C[C@H](c1nnnn1C)S(=O)(=O)[C@@H](C)c1ccc(Cl)c(Cl)c1. The van der Waals surface area contributed by atoms with E-state index in [2.05, 4.69) is 15.5 Å². The Morgan fingerprint density at radius 2 is 1.81 bits per heavy atom. The van der Waals surface area contributed by atoms with Crippen molar-refractivity contribution in [3.05, 3.63) is 39.6 Å². The highest BCUT2D eigenvalue weighted by atomic mass is 35.5. The predicted molar refractivity (Wildman–Crippen MR) is 81.0 cm³/mol. The number of hydrogen-bond donors (Lipinski definition) is 0. The van der Waals surface area contributed by atoms with Crippen molar-refractivity contribution in [2.24, 2.45) is 7.05 Å². The number of aryl methyl sites for hydroxylation is 1. The van der Waals surface area contributed by atoms with E-state index >= 15 is 0 Å². The van der Waals surface area contributed by atoms with Gasteiger partial charge < -0.3 is 0 Å². The molecule has 0 bridgehead atoms. The van der Waals surface area contributed by atoms with E-state index in [4.69, 9.17) is 23.2 Å². The molecule has 2 aromatic rings. The summed E-state index contributed by atoms with van der Waals surface area (Å²) >= 11 is 11.8. The van der Waals surface area contributed by atoms with Crippen LogP contribution < -0.4 is 0 Å². The van der Waals surface area contributed by atoms with Gasteiger partial charge in [0, 0.05) is 7.05 Å². The van der Waals surface area contributed by atoms with E-state index in [1.165, 1.54) is 4.68 Å². The summed E-state index contributed by atoms with van der Waals surface area (Å²) in [6, 6.07) is 4.80. The third-order valence-electron chi connectivity index (χ3n) is 3.42. The molecule has 2 atom stereocenters. The monoisotopic (exact) mass is 348 g/mol. The third kappa shape index (κ3) is 3.04. The molecule has 21 heavy (non-hydrogen) atoms. The van der Waals surface area contributed by atoms with Crippen molar-refractivity contribution in [1.29, 1.82) is 0 Å². The largest absolute Gasteiger partial charge is 0.231 e. The van der Waals surface area contributed by atoms with Gasteiger partial charge in [-0.05, 0) is 42.0 Å². The first kappa shape index (κ1) is 16.2. The molecule has 0 N–H and O–H groups in total. The molecule has 0 aliphatic heterocycles. The number of tetrazole rings is 1. The fourth-order valence-corrected chi connectivity index (χ4v) is 3.93. The molecule has 2 rings (SSSR count). The highest BCUT2D eigenvalue weighted by Crippen LogP contribution is 2.34.